The minimum Gasteiger partial charge on any atom is -0.330 e. The van der Waals surface area contributed by atoms with Gasteiger partial charge in [-0.05, 0) is 30.5 Å². The Bertz CT molecular complexity index is 677. The van der Waals surface area contributed by atoms with Gasteiger partial charge in [0.25, 0.3) is 5.91 Å². The van der Waals surface area contributed by atoms with Crippen molar-refractivity contribution in [2.45, 2.75) is 38.4 Å². The van der Waals surface area contributed by atoms with E-state index in [4.69, 9.17) is 0 Å². The van der Waals surface area contributed by atoms with E-state index in [1.165, 1.54) is 0 Å². The Balaban J connectivity index is 1.60. The molecule has 0 saturated heterocycles. The Kier molecular flexibility index (Phi) is 3.38. The van der Waals surface area contributed by atoms with Gasteiger partial charge >= 0.3 is 0 Å². The van der Waals surface area contributed by atoms with E-state index in [0.29, 0.717) is 18.3 Å². The van der Waals surface area contributed by atoms with E-state index >= 15 is 0 Å². The van der Waals surface area contributed by atoms with Gasteiger partial charge in [0.15, 0.2) is 5.69 Å². The van der Waals surface area contributed by atoms with Gasteiger partial charge in [0.1, 0.15) is 0 Å². The highest BCUT2D eigenvalue weighted by atomic mass is 16.2. The van der Waals surface area contributed by atoms with Gasteiger partial charge < -0.3 is 10.2 Å². The standard InChI is InChI=1S/C16H19N5O/c22-16(15-13-9-18-8-5-14(13)19-20-15)21(12-1-2-12)10-11-3-6-17-7-4-11/h3-4,6-7,12,18H,1-2,5,8-10H2,(H,19,20). The third kappa shape index (κ3) is 2.50. The zero-order valence-corrected chi connectivity index (χ0v) is 12.4. The van der Waals surface area contributed by atoms with Crippen LogP contribution in [0.5, 0.6) is 0 Å². The van der Waals surface area contributed by atoms with Crippen molar-refractivity contribution in [1.29, 1.82) is 0 Å². The van der Waals surface area contributed by atoms with Crippen LogP contribution in [0.2, 0.25) is 0 Å². The molecule has 0 atom stereocenters. The number of rotatable bonds is 4. The number of nitrogens with one attached hydrogen (secondary N) is 2. The number of carbonyl (C=O) groups excluding carboxylic acids is 1. The molecule has 1 aliphatic heterocycles. The molecule has 6 nitrogen and oxygen atoms in total. The fourth-order valence-corrected chi connectivity index (χ4v) is 2.98. The summed E-state index contributed by atoms with van der Waals surface area (Å²) >= 11 is 0. The zero-order valence-electron chi connectivity index (χ0n) is 12.4. The molecule has 0 spiro atoms. The van der Waals surface area contributed by atoms with Crippen LogP contribution in [0.15, 0.2) is 24.5 Å². The smallest absolute Gasteiger partial charge is 0.275 e. The molecule has 2 aliphatic rings. The van der Waals surface area contributed by atoms with Crippen molar-refractivity contribution < 1.29 is 4.79 Å². The number of amides is 1. The molecule has 1 amide bonds. The van der Waals surface area contributed by atoms with Crippen LogP contribution < -0.4 is 5.32 Å². The summed E-state index contributed by atoms with van der Waals surface area (Å²) in [6.45, 7) is 2.29. The SMILES string of the molecule is O=C(c1n[nH]c2c1CNCC2)N(Cc1ccncc1)C1CC1. The largest absolute Gasteiger partial charge is 0.330 e. The van der Waals surface area contributed by atoms with Gasteiger partial charge in [-0.25, -0.2) is 0 Å². The number of aromatic nitrogens is 3. The number of hydrogen-bond donors (Lipinski definition) is 2. The second kappa shape index (κ2) is 5.53. The van der Waals surface area contributed by atoms with Crippen LogP contribution in [-0.2, 0) is 19.5 Å². The summed E-state index contributed by atoms with van der Waals surface area (Å²) in [5.41, 5.74) is 3.83. The second-order valence-corrected chi connectivity index (χ2v) is 5.98. The third-order valence-corrected chi connectivity index (χ3v) is 4.36. The molecule has 4 rings (SSSR count). The normalized spacial score (nSPS) is 17.1. The van der Waals surface area contributed by atoms with E-state index in [9.17, 15) is 4.79 Å². The molecular weight excluding hydrogens is 278 g/mol. The number of fused-ring (bicyclic) bond motifs is 1. The van der Waals surface area contributed by atoms with Gasteiger partial charge in [-0.1, -0.05) is 0 Å². The number of carbonyl (C=O) groups is 1. The highest BCUT2D eigenvalue weighted by Gasteiger charge is 2.35. The molecule has 6 heteroatoms. The molecular formula is C16H19N5O. The van der Waals surface area contributed by atoms with E-state index in [1.54, 1.807) is 12.4 Å². The zero-order chi connectivity index (χ0) is 14.9. The Labute approximate surface area is 128 Å². The molecule has 1 fully saturated rings. The van der Waals surface area contributed by atoms with Crippen LogP contribution in [0.3, 0.4) is 0 Å². The predicted molar refractivity (Wildman–Crippen MR) is 81.1 cm³/mol. The fraction of sp³-hybridized carbons (Fsp3) is 0.438. The first-order valence-electron chi connectivity index (χ1n) is 7.79. The van der Waals surface area contributed by atoms with Gasteiger partial charge in [-0.3, -0.25) is 14.9 Å². The lowest BCUT2D eigenvalue weighted by Gasteiger charge is -2.22. The van der Waals surface area contributed by atoms with Gasteiger partial charge in [0.05, 0.1) is 0 Å². The van der Waals surface area contributed by atoms with Crippen LogP contribution in [0.1, 0.15) is 40.2 Å². The Morgan fingerprint density at radius 1 is 1.32 bits per heavy atom. The maximum atomic E-state index is 13.0. The van der Waals surface area contributed by atoms with Crippen LogP contribution in [0, 0.1) is 0 Å². The molecule has 114 valence electrons. The minimum absolute atomic E-state index is 0.0421. The third-order valence-electron chi connectivity index (χ3n) is 4.36. The van der Waals surface area contributed by atoms with Crippen LogP contribution >= 0.6 is 0 Å². The lowest BCUT2D eigenvalue weighted by Crippen LogP contribution is -2.34. The van der Waals surface area contributed by atoms with Gasteiger partial charge in [-0.2, -0.15) is 5.10 Å². The summed E-state index contributed by atoms with van der Waals surface area (Å²) in [4.78, 5) is 19.0. The summed E-state index contributed by atoms with van der Waals surface area (Å²) in [6.07, 6.45) is 6.61. The first-order valence-corrected chi connectivity index (χ1v) is 7.79. The number of pyridine rings is 1. The maximum Gasteiger partial charge on any atom is 0.275 e. The van der Waals surface area contributed by atoms with Crippen molar-refractivity contribution in [2.24, 2.45) is 0 Å². The van der Waals surface area contributed by atoms with Gasteiger partial charge in [0, 0.05) is 55.7 Å². The van der Waals surface area contributed by atoms with Gasteiger partial charge in [0.2, 0.25) is 0 Å². The average molecular weight is 297 g/mol. The molecule has 2 aromatic heterocycles. The molecule has 3 heterocycles. The lowest BCUT2D eigenvalue weighted by molar-refractivity contribution is 0.0722. The van der Waals surface area contributed by atoms with Crippen molar-refractivity contribution in [2.75, 3.05) is 6.54 Å². The summed E-state index contributed by atoms with van der Waals surface area (Å²) in [5, 5.41) is 10.7. The number of nitrogens with zero attached hydrogens (tertiary/aromatic N) is 3. The maximum absolute atomic E-state index is 13.0. The Morgan fingerprint density at radius 3 is 2.91 bits per heavy atom. The van der Waals surface area contributed by atoms with Crippen LogP contribution in [0.25, 0.3) is 0 Å². The van der Waals surface area contributed by atoms with Crippen molar-refractivity contribution in [1.82, 2.24) is 25.4 Å². The monoisotopic (exact) mass is 297 g/mol. The van der Waals surface area contributed by atoms with E-state index < -0.39 is 0 Å². The van der Waals surface area contributed by atoms with E-state index in [-0.39, 0.29) is 5.91 Å². The molecule has 0 unspecified atom stereocenters. The topological polar surface area (TPSA) is 73.9 Å². The van der Waals surface area contributed by atoms with Crippen molar-refractivity contribution in [3.63, 3.8) is 0 Å². The first kappa shape index (κ1) is 13.5. The summed E-state index contributed by atoms with van der Waals surface area (Å²) in [5.74, 6) is 0.0421. The lowest BCUT2D eigenvalue weighted by atomic mass is 10.1. The number of H-pyrrole nitrogens is 1. The molecule has 2 N–H and O–H groups in total. The van der Waals surface area contributed by atoms with Crippen LogP contribution in [-0.4, -0.2) is 38.6 Å². The molecule has 0 radical (unpaired) electrons. The first-order chi connectivity index (χ1) is 10.8. The molecule has 22 heavy (non-hydrogen) atoms. The van der Waals surface area contributed by atoms with Gasteiger partial charge in [-0.15, -0.1) is 0 Å². The molecule has 1 aliphatic carbocycles. The van der Waals surface area contributed by atoms with E-state index in [2.05, 4.69) is 20.5 Å². The fourth-order valence-electron chi connectivity index (χ4n) is 2.98. The van der Waals surface area contributed by atoms with E-state index in [0.717, 1.165) is 49.2 Å². The number of hydrogen-bond acceptors (Lipinski definition) is 4. The molecule has 2 aromatic rings. The molecule has 0 bridgehead atoms. The van der Waals surface area contributed by atoms with Crippen molar-refractivity contribution >= 4 is 5.91 Å². The summed E-state index contributed by atoms with van der Waals surface area (Å²) in [6, 6.07) is 4.28. The van der Waals surface area contributed by atoms with Crippen LogP contribution in [0.4, 0.5) is 0 Å². The summed E-state index contributed by atoms with van der Waals surface area (Å²) < 4.78 is 0. The van der Waals surface area contributed by atoms with Crippen molar-refractivity contribution in [3.05, 3.63) is 47.0 Å². The highest BCUT2D eigenvalue weighted by molar-refractivity contribution is 5.94. The second-order valence-electron chi connectivity index (χ2n) is 5.98. The predicted octanol–water partition coefficient (Wildman–Crippen LogP) is 1.26. The quantitative estimate of drug-likeness (QED) is 0.891. The average Bonchev–Trinajstić information content (AvgIpc) is 3.31. The minimum atomic E-state index is 0.0421. The highest BCUT2D eigenvalue weighted by Crippen LogP contribution is 2.30. The Hall–Kier alpha value is -2.21. The number of aromatic amines is 1. The Morgan fingerprint density at radius 2 is 2.14 bits per heavy atom. The summed E-state index contributed by atoms with van der Waals surface area (Å²) in [7, 11) is 0. The van der Waals surface area contributed by atoms with E-state index in [1.807, 2.05) is 17.0 Å². The molecule has 1 saturated carbocycles. The molecule has 0 aromatic carbocycles. The van der Waals surface area contributed by atoms with Crippen molar-refractivity contribution in [3.8, 4) is 0 Å².